The van der Waals surface area contributed by atoms with Gasteiger partial charge in [-0.2, -0.15) is 4.39 Å². The van der Waals surface area contributed by atoms with Gasteiger partial charge in [-0.3, -0.25) is 0 Å². The summed E-state index contributed by atoms with van der Waals surface area (Å²) in [6, 6.07) is 3.07. The summed E-state index contributed by atoms with van der Waals surface area (Å²) in [6.45, 7) is 6.45. The second-order valence-electron chi connectivity index (χ2n) is 3.87. The molecule has 0 aliphatic rings. The SMILES string of the molecule is C[Si](C)(C)C#Cc1ccnc(F)c1. The van der Waals surface area contributed by atoms with Crippen molar-refractivity contribution in [1.82, 2.24) is 4.98 Å². The van der Waals surface area contributed by atoms with E-state index in [2.05, 4.69) is 36.1 Å². The minimum atomic E-state index is -1.36. The molecule has 0 saturated heterocycles. The van der Waals surface area contributed by atoms with Gasteiger partial charge >= 0.3 is 0 Å². The minimum Gasteiger partial charge on any atom is -0.228 e. The van der Waals surface area contributed by atoms with Crippen molar-refractivity contribution in [3.8, 4) is 11.5 Å². The molecule has 1 rings (SSSR count). The number of hydrogen-bond acceptors (Lipinski definition) is 1. The lowest BCUT2D eigenvalue weighted by Gasteiger charge is -2.02. The molecular weight excluding hydrogens is 181 g/mol. The number of hydrogen-bond donors (Lipinski definition) is 0. The van der Waals surface area contributed by atoms with Gasteiger partial charge in [0.25, 0.3) is 0 Å². The Bertz CT molecular complexity index is 357. The number of aromatic nitrogens is 1. The lowest BCUT2D eigenvalue weighted by molar-refractivity contribution is 0.583. The molecule has 0 radical (unpaired) electrons. The molecule has 0 N–H and O–H groups in total. The van der Waals surface area contributed by atoms with Crippen LogP contribution in [0.5, 0.6) is 0 Å². The fraction of sp³-hybridized carbons (Fsp3) is 0.300. The Morgan fingerprint density at radius 1 is 1.38 bits per heavy atom. The van der Waals surface area contributed by atoms with E-state index in [-0.39, 0.29) is 0 Å². The molecule has 0 aromatic carbocycles. The highest BCUT2D eigenvalue weighted by atomic mass is 28.3. The van der Waals surface area contributed by atoms with E-state index in [1.165, 1.54) is 12.3 Å². The third-order valence-electron chi connectivity index (χ3n) is 1.31. The highest BCUT2D eigenvalue weighted by Gasteiger charge is 2.07. The smallest absolute Gasteiger partial charge is 0.214 e. The summed E-state index contributed by atoms with van der Waals surface area (Å²) in [5.41, 5.74) is 3.86. The van der Waals surface area contributed by atoms with Crippen molar-refractivity contribution >= 4 is 8.07 Å². The summed E-state index contributed by atoms with van der Waals surface area (Å²) in [5.74, 6) is 2.49. The molecule has 0 aliphatic heterocycles. The van der Waals surface area contributed by atoms with Crippen molar-refractivity contribution in [1.29, 1.82) is 0 Å². The molecule has 0 atom stereocenters. The summed E-state index contributed by atoms with van der Waals surface area (Å²) < 4.78 is 12.6. The monoisotopic (exact) mass is 193 g/mol. The van der Waals surface area contributed by atoms with Gasteiger partial charge in [0, 0.05) is 17.8 Å². The van der Waals surface area contributed by atoms with Crippen LogP contribution >= 0.6 is 0 Å². The Kier molecular flexibility index (Phi) is 2.84. The van der Waals surface area contributed by atoms with Gasteiger partial charge in [0.1, 0.15) is 8.07 Å². The Morgan fingerprint density at radius 2 is 2.08 bits per heavy atom. The molecule has 13 heavy (non-hydrogen) atoms. The van der Waals surface area contributed by atoms with Crippen LogP contribution in [0.15, 0.2) is 18.3 Å². The molecule has 0 spiro atoms. The van der Waals surface area contributed by atoms with E-state index in [9.17, 15) is 4.39 Å². The second kappa shape index (κ2) is 3.71. The van der Waals surface area contributed by atoms with Gasteiger partial charge in [0.2, 0.25) is 5.95 Å². The molecular formula is C10H12FNSi. The minimum absolute atomic E-state index is 0.470. The lowest BCUT2D eigenvalue weighted by Crippen LogP contribution is -2.16. The maximum absolute atomic E-state index is 12.6. The molecule has 0 aliphatic carbocycles. The van der Waals surface area contributed by atoms with Crippen LogP contribution in [0.4, 0.5) is 4.39 Å². The summed E-state index contributed by atoms with van der Waals surface area (Å²) in [6.07, 6.45) is 1.43. The normalized spacial score (nSPS) is 10.5. The van der Waals surface area contributed by atoms with Crippen LogP contribution in [-0.4, -0.2) is 13.1 Å². The van der Waals surface area contributed by atoms with Gasteiger partial charge in [-0.05, 0) is 6.07 Å². The van der Waals surface area contributed by atoms with Gasteiger partial charge in [0.05, 0.1) is 0 Å². The van der Waals surface area contributed by atoms with Crippen LogP contribution in [0, 0.1) is 17.4 Å². The number of halogens is 1. The van der Waals surface area contributed by atoms with E-state index < -0.39 is 14.0 Å². The maximum Gasteiger partial charge on any atom is 0.214 e. The second-order valence-corrected chi connectivity index (χ2v) is 8.62. The topological polar surface area (TPSA) is 12.9 Å². The first-order chi connectivity index (χ1) is 5.97. The Labute approximate surface area is 79.0 Å². The van der Waals surface area contributed by atoms with Crippen molar-refractivity contribution in [3.63, 3.8) is 0 Å². The van der Waals surface area contributed by atoms with Crippen LogP contribution < -0.4 is 0 Å². The highest BCUT2D eigenvalue weighted by Crippen LogP contribution is 2.01. The van der Waals surface area contributed by atoms with Gasteiger partial charge in [-0.15, -0.1) is 5.54 Å². The third kappa shape index (κ3) is 3.86. The van der Waals surface area contributed by atoms with E-state index in [4.69, 9.17) is 0 Å². The highest BCUT2D eigenvalue weighted by molar-refractivity contribution is 6.83. The summed E-state index contributed by atoms with van der Waals surface area (Å²) >= 11 is 0. The fourth-order valence-electron chi connectivity index (χ4n) is 0.740. The van der Waals surface area contributed by atoms with E-state index in [1.54, 1.807) is 6.07 Å². The zero-order valence-corrected chi connectivity index (χ0v) is 9.06. The number of nitrogens with zero attached hydrogens (tertiary/aromatic N) is 1. The zero-order chi connectivity index (χ0) is 9.90. The molecule has 1 heterocycles. The van der Waals surface area contributed by atoms with E-state index in [0.717, 1.165) is 0 Å². The molecule has 1 nitrogen and oxygen atoms in total. The predicted octanol–water partition coefficient (Wildman–Crippen LogP) is 2.45. The van der Waals surface area contributed by atoms with Gasteiger partial charge in [0.15, 0.2) is 0 Å². The van der Waals surface area contributed by atoms with Crippen molar-refractivity contribution < 1.29 is 4.39 Å². The molecule has 1 aromatic rings. The summed E-state index contributed by atoms with van der Waals surface area (Å²) in [5, 5.41) is 0. The Hall–Kier alpha value is -1.14. The summed E-state index contributed by atoms with van der Waals surface area (Å²) in [7, 11) is -1.36. The Morgan fingerprint density at radius 3 is 2.62 bits per heavy atom. The average Bonchev–Trinajstić information content (AvgIpc) is 2.00. The van der Waals surface area contributed by atoms with E-state index in [1.807, 2.05) is 0 Å². The first-order valence-electron chi connectivity index (χ1n) is 4.12. The van der Waals surface area contributed by atoms with Crippen LogP contribution in [-0.2, 0) is 0 Å². The van der Waals surface area contributed by atoms with Crippen molar-refractivity contribution in [2.45, 2.75) is 19.6 Å². The molecule has 0 unspecified atom stereocenters. The predicted molar refractivity (Wildman–Crippen MR) is 54.4 cm³/mol. The maximum atomic E-state index is 12.6. The first-order valence-corrected chi connectivity index (χ1v) is 7.62. The van der Waals surface area contributed by atoms with E-state index in [0.29, 0.717) is 5.56 Å². The standard InChI is InChI=1S/C10H12FNSi/c1-13(2,3)7-5-9-4-6-12-10(11)8-9/h4,6,8H,1-3H3. The van der Waals surface area contributed by atoms with Gasteiger partial charge in [-0.25, -0.2) is 4.98 Å². The van der Waals surface area contributed by atoms with Crippen LogP contribution in [0.3, 0.4) is 0 Å². The molecule has 68 valence electrons. The largest absolute Gasteiger partial charge is 0.228 e. The molecule has 0 saturated carbocycles. The molecule has 0 amide bonds. The van der Waals surface area contributed by atoms with Crippen LogP contribution in [0.25, 0.3) is 0 Å². The lowest BCUT2D eigenvalue weighted by atomic mass is 10.3. The van der Waals surface area contributed by atoms with E-state index >= 15 is 0 Å². The number of pyridine rings is 1. The quantitative estimate of drug-likeness (QED) is 0.350. The molecule has 1 aromatic heterocycles. The average molecular weight is 193 g/mol. The van der Waals surface area contributed by atoms with Crippen molar-refractivity contribution in [3.05, 3.63) is 29.8 Å². The van der Waals surface area contributed by atoms with Gasteiger partial charge < -0.3 is 0 Å². The molecule has 0 bridgehead atoms. The fourth-order valence-corrected chi connectivity index (χ4v) is 1.26. The van der Waals surface area contributed by atoms with Crippen LogP contribution in [0.2, 0.25) is 19.6 Å². The zero-order valence-electron chi connectivity index (χ0n) is 8.06. The van der Waals surface area contributed by atoms with Crippen LogP contribution in [0.1, 0.15) is 5.56 Å². The summed E-state index contributed by atoms with van der Waals surface area (Å²) in [4.78, 5) is 3.46. The van der Waals surface area contributed by atoms with Gasteiger partial charge in [-0.1, -0.05) is 25.6 Å². The first kappa shape index (κ1) is 9.94. The van der Waals surface area contributed by atoms with Crippen molar-refractivity contribution in [2.24, 2.45) is 0 Å². The molecule has 0 fully saturated rings. The molecule has 3 heteroatoms. The number of rotatable bonds is 0. The van der Waals surface area contributed by atoms with Crippen molar-refractivity contribution in [2.75, 3.05) is 0 Å². The Balaban J connectivity index is 2.90. The third-order valence-corrected chi connectivity index (χ3v) is 2.18.